The van der Waals surface area contributed by atoms with Crippen LogP contribution in [0.2, 0.25) is 0 Å². The van der Waals surface area contributed by atoms with E-state index >= 15 is 0 Å². The number of ether oxygens (including phenoxy) is 1. The molecule has 0 aliphatic carbocycles. The van der Waals surface area contributed by atoms with Gasteiger partial charge in [-0.05, 0) is 12.5 Å². The Hall–Kier alpha value is -0.755. The van der Waals surface area contributed by atoms with Crippen LogP contribution in [0.3, 0.4) is 0 Å². The third-order valence-electron chi connectivity index (χ3n) is 1.45. The summed E-state index contributed by atoms with van der Waals surface area (Å²) in [4.78, 5) is 0. The van der Waals surface area contributed by atoms with E-state index in [4.69, 9.17) is 12.6 Å². The number of hydrogen-bond acceptors (Lipinski definition) is 1. The van der Waals surface area contributed by atoms with Crippen LogP contribution >= 0.6 is 0 Å². The van der Waals surface area contributed by atoms with Crippen LogP contribution in [0.5, 0.6) is 0 Å². The van der Waals surface area contributed by atoms with Crippen molar-refractivity contribution in [2.75, 3.05) is 6.61 Å². The van der Waals surface area contributed by atoms with Gasteiger partial charge in [0.05, 0.1) is 6.61 Å². The van der Waals surface area contributed by atoms with Gasteiger partial charge in [0.1, 0.15) is 7.85 Å². The number of hydrogen-bond donors (Lipinski definition) is 0. The van der Waals surface area contributed by atoms with E-state index in [9.17, 15) is 0 Å². The van der Waals surface area contributed by atoms with E-state index in [2.05, 4.69) is 0 Å². The van der Waals surface area contributed by atoms with E-state index in [1.807, 2.05) is 31.2 Å². The highest BCUT2D eigenvalue weighted by atomic mass is 16.5. The van der Waals surface area contributed by atoms with Gasteiger partial charge in [0.15, 0.2) is 0 Å². The lowest BCUT2D eigenvalue weighted by molar-refractivity contribution is 0.134. The minimum atomic E-state index is 0.677. The van der Waals surface area contributed by atoms with Crippen molar-refractivity contribution in [2.24, 2.45) is 0 Å². The fourth-order valence-corrected chi connectivity index (χ4v) is 0.834. The van der Waals surface area contributed by atoms with Crippen molar-refractivity contribution < 1.29 is 4.74 Å². The first-order valence-corrected chi connectivity index (χ1v) is 3.75. The molecule has 0 aliphatic rings. The predicted molar refractivity (Wildman–Crippen MR) is 47.2 cm³/mol. The largest absolute Gasteiger partial charge is 0.377 e. The minimum absolute atomic E-state index is 0.677. The monoisotopic (exact) mass is 146 g/mol. The molecule has 1 aromatic rings. The molecule has 1 nitrogen and oxygen atoms in total. The average Bonchev–Trinajstić information content (AvgIpc) is 2.04. The highest BCUT2D eigenvalue weighted by molar-refractivity contribution is 6.32. The Labute approximate surface area is 68.8 Å². The maximum atomic E-state index is 5.51. The molecule has 0 aromatic heterocycles. The van der Waals surface area contributed by atoms with E-state index in [0.29, 0.717) is 6.61 Å². The Balaban J connectivity index is 2.52. The van der Waals surface area contributed by atoms with Crippen molar-refractivity contribution in [3.05, 3.63) is 29.8 Å². The summed E-state index contributed by atoms with van der Waals surface area (Å²) < 4.78 is 5.22. The fraction of sp³-hybridized carbons (Fsp3) is 0.333. The van der Waals surface area contributed by atoms with Crippen molar-refractivity contribution >= 4 is 13.3 Å². The third kappa shape index (κ3) is 2.77. The molecule has 56 valence electrons. The molecule has 11 heavy (non-hydrogen) atoms. The van der Waals surface area contributed by atoms with E-state index in [-0.39, 0.29) is 0 Å². The lowest BCUT2D eigenvalue weighted by Gasteiger charge is -2.00. The van der Waals surface area contributed by atoms with Crippen molar-refractivity contribution in [3.63, 3.8) is 0 Å². The molecule has 0 amide bonds. The Kier molecular flexibility index (Phi) is 3.18. The maximum absolute atomic E-state index is 5.51. The molecular formula is C9H11BO. The fourth-order valence-electron chi connectivity index (χ4n) is 0.834. The summed E-state index contributed by atoms with van der Waals surface area (Å²) in [6.45, 7) is 3.42. The number of benzene rings is 1. The third-order valence-corrected chi connectivity index (χ3v) is 1.45. The van der Waals surface area contributed by atoms with Crippen LogP contribution in [-0.2, 0) is 11.3 Å². The zero-order chi connectivity index (χ0) is 8.10. The van der Waals surface area contributed by atoms with Crippen LogP contribution in [0, 0.1) is 0 Å². The molecular weight excluding hydrogens is 135 g/mol. The van der Waals surface area contributed by atoms with Gasteiger partial charge in [-0.25, -0.2) is 0 Å². The topological polar surface area (TPSA) is 9.23 Å². The zero-order valence-corrected chi connectivity index (χ0v) is 6.71. The standard InChI is InChI=1S/C9H11BO/c1-2-11-7-8-3-5-9(10)6-4-8/h3-6H,2,7H2,1H3. The summed E-state index contributed by atoms with van der Waals surface area (Å²) in [5.41, 5.74) is 1.96. The molecule has 0 saturated carbocycles. The quantitative estimate of drug-likeness (QED) is 0.578. The van der Waals surface area contributed by atoms with Gasteiger partial charge in [-0.3, -0.25) is 0 Å². The Morgan fingerprint density at radius 1 is 1.27 bits per heavy atom. The normalized spacial score (nSPS) is 9.91. The molecule has 0 N–H and O–H groups in total. The van der Waals surface area contributed by atoms with Gasteiger partial charge in [-0.1, -0.05) is 29.7 Å². The second kappa shape index (κ2) is 4.19. The van der Waals surface area contributed by atoms with E-state index < -0.39 is 0 Å². The first-order chi connectivity index (χ1) is 5.33. The molecule has 0 fully saturated rings. The molecule has 0 unspecified atom stereocenters. The summed E-state index contributed by atoms with van der Waals surface area (Å²) in [6.07, 6.45) is 0. The van der Waals surface area contributed by atoms with Crippen molar-refractivity contribution in [2.45, 2.75) is 13.5 Å². The first kappa shape index (κ1) is 8.34. The van der Waals surface area contributed by atoms with Crippen LogP contribution in [0.4, 0.5) is 0 Å². The molecule has 0 spiro atoms. The smallest absolute Gasteiger partial charge is 0.113 e. The predicted octanol–water partition coefficient (Wildman–Crippen LogP) is 1.02. The summed E-state index contributed by atoms with van der Waals surface area (Å²) in [5, 5.41) is 0. The van der Waals surface area contributed by atoms with Gasteiger partial charge in [-0.2, -0.15) is 0 Å². The van der Waals surface area contributed by atoms with Crippen LogP contribution in [0.25, 0.3) is 0 Å². The Morgan fingerprint density at radius 2 is 1.91 bits per heavy atom. The van der Waals surface area contributed by atoms with Gasteiger partial charge in [-0.15, -0.1) is 0 Å². The lowest BCUT2D eigenvalue weighted by atomic mass is 9.95. The second-order valence-corrected chi connectivity index (χ2v) is 2.38. The zero-order valence-electron chi connectivity index (χ0n) is 6.71. The van der Waals surface area contributed by atoms with Crippen LogP contribution in [0.15, 0.2) is 24.3 Å². The Bertz CT molecular complexity index is 205. The van der Waals surface area contributed by atoms with Gasteiger partial charge in [0.25, 0.3) is 0 Å². The van der Waals surface area contributed by atoms with E-state index in [1.54, 1.807) is 0 Å². The number of rotatable bonds is 3. The molecule has 0 aliphatic heterocycles. The van der Waals surface area contributed by atoms with Crippen molar-refractivity contribution in [3.8, 4) is 0 Å². The highest BCUT2D eigenvalue weighted by Gasteiger charge is 1.89. The average molecular weight is 146 g/mol. The van der Waals surface area contributed by atoms with Crippen LogP contribution < -0.4 is 5.46 Å². The van der Waals surface area contributed by atoms with Crippen LogP contribution in [0.1, 0.15) is 12.5 Å². The lowest BCUT2D eigenvalue weighted by Crippen LogP contribution is -2.01. The van der Waals surface area contributed by atoms with E-state index in [0.717, 1.165) is 12.1 Å². The van der Waals surface area contributed by atoms with Crippen molar-refractivity contribution in [1.82, 2.24) is 0 Å². The van der Waals surface area contributed by atoms with Gasteiger partial charge < -0.3 is 4.74 Å². The SMILES string of the molecule is [B]c1ccc(COCC)cc1. The van der Waals surface area contributed by atoms with Gasteiger partial charge >= 0.3 is 0 Å². The highest BCUT2D eigenvalue weighted by Crippen LogP contribution is 1.97. The second-order valence-electron chi connectivity index (χ2n) is 2.38. The maximum Gasteiger partial charge on any atom is 0.113 e. The van der Waals surface area contributed by atoms with Crippen LogP contribution in [-0.4, -0.2) is 14.5 Å². The molecule has 2 heteroatoms. The molecule has 0 atom stereocenters. The van der Waals surface area contributed by atoms with E-state index in [1.165, 1.54) is 5.56 Å². The summed E-state index contributed by atoms with van der Waals surface area (Å²) >= 11 is 0. The summed E-state index contributed by atoms with van der Waals surface area (Å²) in [6, 6.07) is 7.72. The molecule has 0 heterocycles. The summed E-state index contributed by atoms with van der Waals surface area (Å²) in [7, 11) is 5.51. The van der Waals surface area contributed by atoms with Crippen molar-refractivity contribution in [1.29, 1.82) is 0 Å². The molecule has 1 aromatic carbocycles. The van der Waals surface area contributed by atoms with Gasteiger partial charge in [0.2, 0.25) is 0 Å². The first-order valence-electron chi connectivity index (χ1n) is 3.75. The molecule has 2 radical (unpaired) electrons. The molecule has 1 rings (SSSR count). The summed E-state index contributed by atoms with van der Waals surface area (Å²) in [5.74, 6) is 0. The molecule has 0 saturated heterocycles. The molecule has 0 bridgehead atoms. The van der Waals surface area contributed by atoms with Gasteiger partial charge in [0, 0.05) is 6.61 Å². The Morgan fingerprint density at radius 3 is 2.45 bits per heavy atom. The minimum Gasteiger partial charge on any atom is -0.377 e.